The van der Waals surface area contributed by atoms with Crippen molar-refractivity contribution in [2.75, 3.05) is 0 Å². The van der Waals surface area contributed by atoms with Gasteiger partial charge in [0.1, 0.15) is 0 Å². The summed E-state index contributed by atoms with van der Waals surface area (Å²) >= 11 is -0.244. The minimum absolute atomic E-state index is 0.244. The quantitative estimate of drug-likeness (QED) is 0.662. The van der Waals surface area contributed by atoms with Gasteiger partial charge in [-0.25, -0.2) is 0 Å². The molecule has 37 valence electrons. The molecule has 1 aliphatic rings. The van der Waals surface area contributed by atoms with Crippen molar-refractivity contribution < 1.29 is 5.11 Å². The van der Waals surface area contributed by atoms with Gasteiger partial charge in [-0.3, -0.25) is 0 Å². The zero-order chi connectivity index (χ0) is 5.11. The fourth-order valence-corrected chi connectivity index (χ4v) is 3.02. The Morgan fingerprint density at radius 1 is 1.71 bits per heavy atom. The van der Waals surface area contributed by atoms with Crippen LogP contribution in [0.25, 0.3) is 0 Å². The van der Waals surface area contributed by atoms with E-state index in [1.807, 2.05) is 6.08 Å². The molecule has 1 aliphatic heterocycles. The first kappa shape index (κ1) is 5.30. The van der Waals surface area contributed by atoms with E-state index in [1.165, 1.54) is 4.13 Å². The fraction of sp³-hybridized carbons (Fsp3) is 0.200. The van der Waals surface area contributed by atoms with Gasteiger partial charge in [-0.2, -0.15) is 0 Å². The standard InChI is InChI=1S/C5H6O.Bi/c1-3-5(6)4-2;/h1,3-4,6H,2H2;. The second-order valence-electron chi connectivity index (χ2n) is 1.31. The van der Waals surface area contributed by atoms with E-state index < -0.39 is 0 Å². The van der Waals surface area contributed by atoms with Crippen LogP contribution in [0.15, 0.2) is 21.7 Å². The van der Waals surface area contributed by atoms with Crippen LogP contribution in [0, 0.1) is 0 Å². The number of allylic oxidation sites excluding steroid dienone is 2. The fourth-order valence-electron chi connectivity index (χ4n) is 0.404. The number of aliphatic hydroxyl groups is 1. The first-order chi connectivity index (χ1) is 3.39. The van der Waals surface area contributed by atoms with E-state index in [0.717, 1.165) is 0 Å². The third-order valence-corrected chi connectivity index (χ3v) is 3.68. The molecule has 7 heavy (non-hydrogen) atoms. The number of aliphatic hydroxyl groups excluding tert-OH is 1. The Kier molecular flexibility index (Phi) is 1.87. The molecular weight excluding hydrogens is 285 g/mol. The molecule has 0 aromatic heterocycles. The van der Waals surface area contributed by atoms with E-state index in [4.69, 9.17) is 5.11 Å². The zero-order valence-electron chi connectivity index (χ0n) is 3.83. The topological polar surface area (TPSA) is 20.2 Å². The van der Waals surface area contributed by atoms with Crippen molar-refractivity contribution in [3.63, 3.8) is 0 Å². The molecule has 0 bridgehead atoms. The Hall–Kier alpha value is 0.163. The van der Waals surface area contributed by atoms with Gasteiger partial charge in [0, 0.05) is 0 Å². The zero-order valence-corrected chi connectivity index (χ0v) is 7.31. The van der Waals surface area contributed by atoms with Crippen LogP contribution < -0.4 is 0 Å². The number of hydrogen-bond acceptors (Lipinski definition) is 1. The molecule has 1 heterocycles. The second kappa shape index (κ2) is 2.47. The third-order valence-electron chi connectivity index (χ3n) is 0.757. The molecule has 1 N–H and O–H groups in total. The average Bonchev–Trinajstić information content (AvgIpc) is 1.69. The Morgan fingerprint density at radius 3 is 2.86 bits per heavy atom. The van der Waals surface area contributed by atoms with Crippen LogP contribution in [-0.4, -0.2) is 28.3 Å². The first-order valence-electron chi connectivity index (χ1n) is 2.12. The van der Waals surface area contributed by atoms with Crippen molar-refractivity contribution in [3.8, 4) is 0 Å². The van der Waals surface area contributed by atoms with Crippen LogP contribution in [0.4, 0.5) is 0 Å². The van der Waals surface area contributed by atoms with Crippen molar-refractivity contribution >= 4 is 23.2 Å². The first-order valence-corrected chi connectivity index (χ1v) is 6.58. The van der Waals surface area contributed by atoms with Crippen LogP contribution in [0.2, 0.25) is 4.13 Å². The Labute approximate surface area is 54.3 Å². The summed E-state index contributed by atoms with van der Waals surface area (Å²) in [5.41, 5.74) is 0. The molecule has 1 nitrogen and oxygen atoms in total. The molecule has 0 aliphatic carbocycles. The summed E-state index contributed by atoms with van der Waals surface area (Å²) < 4.78 is 3.32. The predicted molar refractivity (Wildman–Crippen MR) is 30.4 cm³/mol. The Balaban J connectivity index is 2.58. The van der Waals surface area contributed by atoms with E-state index in [-0.39, 0.29) is 23.2 Å². The molecule has 0 amide bonds. The molecule has 0 aromatic rings. The van der Waals surface area contributed by atoms with Crippen LogP contribution in [0.5, 0.6) is 0 Å². The minimum atomic E-state index is -0.244. The van der Waals surface area contributed by atoms with Crippen molar-refractivity contribution in [2.24, 2.45) is 0 Å². The van der Waals surface area contributed by atoms with Gasteiger partial charge in [0.05, 0.1) is 0 Å². The summed E-state index contributed by atoms with van der Waals surface area (Å²) in [7, 11) is 0. The molecule has 0 fully saturated rings. The van der Waals surface area contributed by atoms with Crippen LogP contribution in [0.1, 0.15) is 0 Å². The van der Waals surface area contributed by atoms with Crippen LogP contribution in [-0.2, 0) is 0 Å². The molecule has 1 radical (unpaired) electrons. The third kappa shape index (κ3) is 1.60. The summed E-state index contributed by atoms with van der Waals surface area (Å²) in [6.07, 6.45) is 3.71. The second-order valence-corrected chi connectivity index (χ2v) is 5.31. The van der Waals surface area contributed by atoms with Crippen molar-refractivity contribution in [3.05, 3.63) is 21.7 Å². The maximum absolute atomic E-state index is 8.71. The summed E-state index contributed by atoms with van der Waals surface area (Å²) in [4.78, 5) is 0. The van der Waals surface area contributed by atoms with E-state index in [1.54, 1.807) is 6.08 Å². The van der Waals surface area contributed by atoms with Crippen molar-refractivity contribution in [2.45, 2.75) is 4.13 Å². The summed E-state index contributed by atoms with van der Waals surface area (Å²) in [5.74, 6) is 0.454. The van der Waals surface area contributed by atoms with Gasteiger partial charge in [-0.1, -0.05) is 0 Å². The molecule has 0 saturated heterocycles. The van der Waals surface area contributed by atoms with Gasteiger partial charge >= 0.3 is 54.2 Å². The molecule has 1 rings (SSSR count). The van der Waals surface area contributed by atoms with Gasteiger partial charge in [0.2, 0.25) is 0 Å². The van der Waals surface area contributed by atoms with E-state index in [0.29, 0.717) is 5.76 Å². The normalized spacial score (nSPS) is 19.1. The molecule has 2 heteroatoms. The number of hydrogen-bond donors (Lipinski definition) is 1. The predicted octanol–water partition coefficient (Wildman–Crippen LogP) is 1.08. The maximum atomic E-state index is 8.71. The summed E-state index contributed by atoms with van der Waals surface area (Å²) in [6.45, 7) is 0. The van der Waals surface area contributed by atoms with Crippen LogP contribution in [0.3, 0.4) is 0 Å². The average molecular weight is 291 g/mol. The van der Waals surface area contributed by atoms with Crippen molar-refractivity contribution in [1.29, 1.82) is 0 Å². The van der Waals surface area contributed by atoms with Crippen LogP contribution >= 0.6 is 0 Å². The van der Waals surface area contributed by atoms with Crippen molar-refractivity contribution in [1.82, 2.24) is 0 Å². The van der Waals surface area contributed by atoms with Gasteiger partial charge < -0.3 is 0 Å². The van der Waals surface area contributed by atoms with E-state index in [9.17, 15) is 0 Å². The molecule has 0 saturated carbocycles. The van der Waals surface area contributed by atoms with E-state index >= 15 is 0 Å². The molecule has 0 spiro atoms. The van der Waals surface area contributed by atoms with Gasteiger partial charge in [-0.15, -0.1) is 0 Å². The number of rotatable bonds is 0. The molecule has 0 atom stereocenters. The summed E-state index contributed by atoms with van der Waals surface area (Å²) in [5, 5.41) is 8.71. The van der Waals surface area contributed by atoms with Gasteiger partial charge in [0.25, 0.3) is 0 Å². The van der Waals surface area contributed by atoms with E-state index in [2.05, 4.69) is 3.78 Å². The monoisotopic (exact) mass is 291 g/mol. The Bertz CT molecular complexity index is 115. The molecule has 0 unspecified atom stereocenters. The summed E-state index contributed by atoms with van der Waals surface area (Å²) in [6, 6.07) is 0. The van der Waals surface area contributed by atoms with Gasteiger partial charge in [0.15, 0.2) is 0 Å². The Morgan fingerprint density at radius 2 is 2.57 bits per heavy atom. The molecular formula is C5H6BiO. The van der Waals surface area contributed by atoms with Gasteiger partial charge in [-0.05, 0) is 0 Å². The SMILES string of the molecule is OC1=C[CH2][Bi][CH]=C1. The molecule has 0 aromatic carbocycles.